The Kier molecular flexibility index (Phi) is 6.19. The van der Waals surface area contributed by atoms with Crippen LogP contribution in [0.1, 0.15) is 42.3 Å². The van der Waals surface area contributed by atoms with E-state index in [1.165, 1.54) is 7.11 Å². The van der Waals surface area contributed by atoms with E-state index in [0.29, 0.717) is 16.9 Å². The fourth-order valence-corrected chi connectivity index (χ4v) is 2.37. The van der Waals surface area contributed by atoms with E-state index in [1.807, 2.05) is 12.1 Å². The van der Waals surface area contributed by atoms with Crippen molar-refractivity contribution in [3.8, 4) is 5.75 Å². The minimum atomic E-state index is -3.03. The predicted octanol–water partition coefficient (Wildman–Crippen LogP) is 5.16. The highest BCUT2D eigenvalue weighted by Crippen LogP contribution is 2.24. The lowest BCUT2D eigenvalue weighted by Crippen LogP contribution is -2.11. The predicted molar refractivity (Wildman–Crippen MR) is 99.5 cm³/mol. The number of benzene rings is 2. The average Bonchev–Trinajstić information content (AvgIpc) is 2.60. The van der Waals surface area contributed by atoms with Crippen molar-refractivity contribution in [2.45, 2.75) is 26.2 Å². The zero-order valence-corrected chi connectivity index (χ0v) is 15.3. The van der Waals surface area contributed by atoms with Crippen LogP contribution in [0.5, 0.6) is 5.75 Å². The lowest BCUT2D eigenvalue weighted by molar-refractivity contribution is 0.104. The quantitative estimate of drug-likeness (QED) is 0.310. The topological polar surface area (TPSA) is 35.5 Å². The third kappa shape index (κ3) is 5.18. The first kappa shape index (κ1) is 19.7. The zero-order valence-electron chi connectivity index (χ0n) is 15.3. The summed E-state index contributed by atoms with van der Waals surface area (Å²) < 4.78 is 35.1. The molecule has 0 aliphatic heterocycles. The van der Waals surface area contributed by atoms with Crippen molar-refractivity contribution in [2.75, 3.05) is 7.11 Å². The standard InChI is InChI=1S/C20H21BF2O3/c1-20(2,3)16-9-5-14(6-10-16)18(24)13-19(26-21(22)23)15-7-11-17(25-4)12-8-15/h5-13H,1-4H3/b19-13-. The molecule has 0 aromatic heterocycles. The largest absolute Gasteiger partial charge is 0.796 e. The van der Waals surface area contributed by atoms with Gasteiger partial charge in [0.1, 0.15) is 11.5 Å². The molecule has 136 valence electrons. The van der Waals surface area contributed by atoms with Crippen LogP contribution >= 0.6 is 0 Å². The fourth-order valence-electron chi connectivity index (χ4n) is 2.37. The van der Waals surface area contributed by atoms with Gasteiger partial charge in [-0.05, 0) is 35.2 Å². The summed E-state index contributed by atoms with van der Waals surface area (Å²) in [5.74, 6) is -0.0151. The molecule has 0 saturated heterocycles. The van der Waals surface area contributed by atoms with Gasteiger partial charge >= 0.3 is 7.47 Å². The Morgan fingerprint density at radius 2 is 1.50 bits per heavy atom. The van der Waals surface area contributed by atoms with E-state index in [9.17, 15) is 13.4 Å². The number of hydrogen-bond donors (Lipinski definition) is 0. The van der Waals surface area contributed by atoms with Crippen LogP contribution in [0.15, 0.2) is 54.6 Å². The van der Waals surface area contributed by atoms with Gasteiger partial charge in [-0.3, -0.25) is 4.79 Å². The number of ketones is 1. The molecule has 6 heteroatoms. The third-order valence-electron chi connectivity index (χ3n) is 3.89. The van der Waals surface area contributed by atoms with Crippen LogP contribution in [-0.2, 0) is 10.1 Å². The molecule has 3 nitrogen and oxygen atoms in total. The number of carbonyl (C=O) groups is 1. The highest BCUT2D eigenvalue weighted by Gasteiger charge is 2.21. The molecule has 2 aromatic rings. The summed E-state index contributed by atoms with van der Waals surface area (Å²) >= 11 is 0. The number of carbonyl (C=O) groups excluding carboxylic acids is 1. The van der Waals surface area contributed by atoms with Gasteiger partial charge in [-0.1, -0.05) is 45.0 Å². The number of hydrogen-bond acceptors (Lipinski definition) is 3. The molecule has 0 aliphatic rings. The lowest BCUT2D eigenvalue weighted by atomic mass is 9.86. The Bertz CT molecular complexity index is 776. The second-order valence-corrected chi connectivity index (χ2v) is 6.81. The number of halogens is 2. The first-order chi connectivity index (χ1) is 12.2. The average molecular weight is 358 g/mol. The van der Waals surface area contributed by atoms with E-state index in [2.05, 4.69) is 25.4 Å². The highest BCUT2D eigenvalue weighted by atomic mass is 19.2. The van der Waals surface area contributed by atoms with Crippen molar-refractivity contribution < 1.29 is 22.8 Å². The van der Waals surface area contributed by atoms with Crippen molar-refractivity contribution in [3.63, 3.8) is 0 Å². The van der Waals surface area contributed by atoms with E-state index in [4.69, 9.17) is 4.74 Å². The molecular formula is C20H21BF2O3. The van der Waals surface area contributed by atoms with Gasteiger partial charge in [-0.2, -0.15) is 0 Å². The Morgan fingerprint density at radius 1 is 0.962 bits per heavy atom. The van der Waals surface area contributed by atoms with Gasteiger partial charge < -0.3 is 9.39 Å². The Morgan fingerprint density at radius 3 is 1.96 bits per heavy atom. The SMILES string of the molecule is COc1ccc(/C(=C/C(=O)c2ccc(C(C)(C)C)cc2)OB(F)F)cc1. The molecule has 0 spiro atoms. The first-order valence-corrected chi connectivity index (χ1v) is 8.16. The van der Waals surface area contributed by atoms with Crippen molar-refractivity contribution in [1.29, 1.82) is 0 Å². The van der Waals surface area contributed by atoms with Crippen LogP contribution in [-0.4, -0.2) is 20.4 Å². The van der Waals surface area contributed by atoms with Crippen molar-refractivity contribution >= 4 is 19.0 Å². The summed E-state index contributed by atoms with van der Waals surface area (Å²) in [7, 11) is -1.52. The minimum absolute atomic E-state index is 0.0372. The van der Waals surface area contributed by atoms with Gasteiger partial charge in [0, 0.05) is 17.2 Å². The molecule has 0 fully saturated rings. The molecule has 26 heavy (non-hydrogen) atoms. The number of allylic oxidation sites excluding steroid dienone is 1. The summed E-state index contributed by atoms with van der Waals surface area (Å²) in [6.07, 6.45) is 1.08. The third-order valence-corrected chi connectivity index (χ3v) is 3.89. The van der Waals surface area contributed by atoms with E-state index in [0.717, 1.165) is 11.6 Å². The molecule has 0 unspecified atom stereocenters. The maximum absolute atomic E-state index is 12.8. The molecule has 0 atom stereocenters. The van der Waals surface area contributed by atoms with Crippen LogP contribution in [0.4, 0.5) is 8.63 Å². The van der Waals surface area contributed by atoms with E-state index >= 15 is 0 Å². The van der Waals surface area contributed by atoms with Crippen molar-refractivity contribution in [3.05, 3.63) is 71.3 Å². The number of rotatable bonds is 6. The van der Waals surface area contributed by atoms with Gasteiger partial charge in [0.15, 0.2) is 5.78 Å². The van der Waals surface area contributed by atoms with Gasteiger partial charge in [0.05, 0.1) is 7.11 Å². The Hall–Kier alpha value is -2.63. The summed E-state index contributed by atoms with van der Waals surface area (Å²) in [5, 5.41) is 0. The smallest absolute Gasteiger partial charge is 0.505 e. The van der Waals surface area contributed by atoms with Gasteiger partial charge in [-0.15, -0.1) is 0 Å². The minimum Gasteiger partial charge on any atom is -0.505 e. The van der Waals surface area contributed by atoms with E-state index in [1.54, 1.807) is 36.4 Å². The molecule has 2 rings (SSSR count). The molecule has 0 heterocycles. The van der Waals surface area contributed by atoms with Crippen LogP contribution < -0.4 is 4.74 Å². The summed E-state index contributed by atoms with van der Waals surface area (Å²) in [6, 6.07) is 13.4. The highest BCUT2D eigenvalue weighted by molar-refractivity contribution is 6.36. The summed E-state index contributed by atoms with van der Waals surface area (Å²) in [4.78, 5) is 12.5. The molecule has 0 bridgehead atoms. The van der Waals surface area contributed by atoms with Gasteiger partial charge in [-0.25, -0.2) is 8.63 Å². The van der Waals surface area contributed by atoms with Crippen molar-refractivity contribution in [1.82, 2.24) is 0 Å². The second kappa shape index (κ2) is 8.17. The molecule has 0 amide bonds. The fraction of sp³-hybridized carbons (Fsp3) is 0.250. The number of ether oxygens (including phenoxy) is 1. The normalized spacial score (nSPS) is 11.8. The summed E-state index contributed by atoms with van der Waals surface area (Å²) in [5.41, 5.74) is 1.81. The summed E-state index contributed by atoms with van der Waals surface area (Å²) in [6.45, 7) is 6.21. The second-order valence-electron chi connectivity index (χ2n) is 6.81. The van der Waals surface area contributed by atoms with Gasteiger partial charge in [0.2, 0.25) is 0 Å². The zero-order chi connectivity index (χ0) is 19.3. The molecule has 0 radical (unpaired) electrons. The molecule has 2 aromatic carbocycles. The first-order valence-electron chi connectivity index (χ1n) is 8.16. The Labute approximate surface area is 152 Å². The van der Waals surface area contributed by atoms with Gasteiger partial charge in [0.25, 0.3) is 0 Å². The maximum atomic E-state index is 12.8. The van der Waals surface area contributed by atoms with Crippen LogP contribution in [0.2, 0.25) is 0 Å². The Balaban J connectivity index is 2.31. The monoisotopic (exact) mass is 358 g/mol. The molecule has 0 aliphatic carbocycles. The van der Waals surface area contributed by atoms with Crippen molar-refractivity contribution in [2.24, 2.45) is 0 Å². The maximum Gasteiger partial charge on any atom is 0.796 e. The van der Waals surface area contributed by atoms with E-state index in [-0.39, 0.29) is 11.2 Å². The van der Waals surface area contributed by atoms with E-state index < -0.39 is 13.3 Å². The lowest BCUT2D eigenvalue weighted by Gasteiger charge is -2.18. The van der Waals surface area contributed by atoms with Crippen LogP contribution in [0.25, 0.3) is 5.76 Å². The molecular weight excluding hydrogens is 337 g/mol. The molecule has 0 saturated carbocycles. The van der Waals surface area contributed by atoms with Crippen LogP contribution in [0.3, 0.4) is 0 Å². The van der Waals surface area contributed by atoms with Crippen LogP contribution in [0, 0.1) is 0 Å². The number of methoxy groups -OCH3 is 1. The molecule has 0 N–H and O–H groups in total.